The van der Waals surface area contributed by atoms with Crippen molar-refractivity contribution in [3.05, 3.63) is 56.3 Å². The summed E-state index contributed by atoms with van der Waals surface area (Å²) in [6, 6.07) is 7.05. The molecule has 0 aliphatic heterocycles. The summed E-state index contributed by atoms with van der Waals surface area (Å²) in [4.78, 5) is 25.8. The molecule has 2 rings (SSSR count). The number of hydrogen-bond donors (Lipinski definition) is 0. The van der Waals surface area contributed by atoms with E-state index < -0.39 is 0 Å². The minimum Gasteiger partial charge on any atom is -0.481 e. The third-order valence-electron chi connectivity index (χ3n) is 3.67. The molecule has 0 atom stereocenters. The summed E-state index contributed by atoms with van der Waals surface area (Å²) >= 11 is 5.81. The number of rotatable bonds is 5. The van der Waals surface area contributed by atoms with Gasteiger partial charge in [-0.2, -0.15) is 0 Å². The largest absolute Gasteiger partial charge is 0.481 e. The molecule has 6 nitrogen and oxygen atoms in total. The third kappa shape index (κ3) is 4.68. The second-order valence-corrected chi connectivity index (χ2v) is 5.82. The first-order valence-corrected chi connectivity index (χ1v) is 8.17. The molecule has 0 saturated heterocycles. The lowest BCUT2D eigenvalue weighted by atomic mass is 10.3. The highest BCUT2D eigenvalue weighted by Gasteiger charge is 2.11. The van der Waals surface area contributed by atoms with Gasteiger partial charge in [0, 0.05) is 31.9 Å². The van der Waals surface area contributed by atoms with Crippen LogP contribution in [0.1, 0.15) is 6.92 Å². The van der Waals surface area contributed by atoms with Crippen LogP contribution in [0.5, 0.6) is 5.75 Å². The SMILES string of the molecule is CCN(CC#CCOc1ccc(Cl)cc1)c1cn(C)c(=O)n(C)c1=O. The van der Waals surface area contributed by atoms with Crippen LogP contribution in [0.2, 0.25) is 5.02 Å². The Kier molecular flexibility index (Phi) is 6.31. The molecular weight excluding hydrogens is 342 g/mol. The van der Waals surface area contributed by atoms with Gasteiger partial charge in [0.1, 0.15) is 18.0 Å². The molecule has 132 valence electrons. The molecule has 0 N–H and O–H groups in total. The van der Waals surface area contributed by atoms with E-state index in [2.05, 4.69) is 11.8 Å². The van der Waals surface area contributed by atoms with Crippen LogP contribution >= 0.6 is 11.6 Å². The number of aryl methyl sites for hydroxylation is 1. The van der Waals surface area contributed by atoms with Gasteiger partial charge >= 0.3 is 5.69 Å². The van der Waals surface area contributed by atoms with E-state index in [1.54, 1.807) is 37.5 Å². The fraction of sp³-hybridized carbons (Fsp3) is 0.333. The van der Waals surface area contributed by atoms with E-state index in [1.165, 1.54) is 11.6 Å². The topological polar surface area (TPSA) is 56.5 Å². The molecule has 7 heteroatoms. The van der Waals surface area contributed by atoms with Gasteiger partial charge < -0.3 is 14.2 Å². The standard InChI is InChI=1S/C18H20ClN3O3/c1-4-22(16-13-20(2)18(24)21(3)17(16)23)11-5-6-12-25-15-9-7-14(19)8-10-15/h7-10,13H,4,11-12H2,1-3H3. The average Bonchev–Trinajstić information content (AvgIpc) is 2.61. The van der Waals surface area contributed by atoms with Crippen LogP contribution in [0.15, 0.2) is 40.1 Å². The number of aromatic nitrogens is 2. The monoisotopic (exact) mass is 361 g/mol. The number of nitrogens with zero attached hydrogens (tertiary/aromatic N) is 3. The van der Waals surface area contributed by atoms with E-state index >= 15 is 0 Å². The van der Waals surface area contributed by atoms with E-state index in [1.807, 2.05) is 11.8 Å². The predicted octanol–water partition coefficient (Wildman–Crippen LogP) is 1.65. The molecule has 2 aromatic rings. The van der Waals surface area contributed by atoms with Crippen LogP contribution < -0.4 is 20.9 Å². The molecule has 1 heterocycles. The molecule has 0 spiro atoms. The third-order valence-corrected chi connectivity index (χ3v) is 3.92. The lowest BCUT2D eigenvalue weighted by Gasteiger charge is -2.20. The van der Waals surface area contributed by atoms with Gasteiger partial charge in [-0.15, -0.1) is 0 Å². The zero-order valence-electron chi connectivity index (χ0n) is 14.5. The minimum atomic E-state index is -0.354. The van der Waals surface area contributed by atoms with Crippen LogP contribution in [0.4, 0.5) is 5.69 Å². The summed E-state index contributed by atoms with van der Waals surface area (Å²) in [6.45, 7) is 3.13. The highest BCUT2D eigenvalue weighted by molar-refractivity contribution is 6.30. The lowest BCUT2D eigenvalue weighted by Crippen LogP contribution is -2.41. The molecular formula is C18H20ClN3O3. The van der Waals surface area contributed by atoms with Gasteiger partial charge in [-0.1, -0.05) is 23.4 Å². The first-order valence-electron chi connectivity index (χ1n) is 7.79. The van der Waals surface area contributed by atoms with E-state index in [9.17, 15) is 9.59 Å². The maximum atomic E-state index is 12.3. The van der Waals surface area contributed by atoms with Crippen molar-refractivity contribution in [2.75, 3.05) is 24.6 Å². The summed E-state index contributed by atoms with van der Waals surface area (Å²) in [5.41, 5.74) is -0.239. The van der Waals surface area contributed by atoms with Crippen LogP contribution in [0.3, 0.4) is 0 Å². The van der Waals surface area contributed by atoms with Crippen molar-refractivity contribution in [3.63, 3.8) is 0 Å². The number of hydrogen-bond acceptors (Lipinski definition) is 4. The van der Waals surface area contributed by atoms with Crippen LogP contribution in [0, 0.1) is 11.8 Å². The number of benzene rings is 1. The van der Waals surface area contributed by atoms with Crippen molar-refractivity contribution in [2.24, 2.45) is 14.1 Å². The normalized spacial score (nSPS) is 10.1. The molecule has 0 aliphatic carbocycles. The molecule has 25 heavy (non-hydrogen) atoms. The molecule has 0 amide bonds. The fourth-order valence-corrected chi connectivity index (χ4v) is 2.35. The van der Waals surface area contributed by atoms with Gasteiger partial charge in [0.2, 0.25) is 0 Å². The second kappa shape index (κ2) is 8.45. The molecule has 0 unspecified atom stereocenters. The minimum absolute atomic E-state index is 0.241. The van der Waals surface area contributed by atoms with Crippen LogP contribution in [-0.2, 0) is 14.1 Å². The smallest absolute Gasteiger partial charge is 0.330 e. The number of ether oxygens (including phenoxy) is 1. The Labute approximate surface area is 151 Å². The van der Waals surface area contributed by atoms with Crippen molar-refractivity contribution in [3.8, 4) is 17.6 Å². The van der Waals surface area contributed by atoms with E-state index in [0.717, 1.165) is 4.57 Å². The Morgan fingerprint density at radius 1 is 1.16 bits per heavy atom. The van der Waals surface area contributed by atoms with Crippen molar-refractivity contribution < 1.29 is 4.74 Å². The maximum Gasteiger partial charge on any atom is 0.330 e. The summed E-state index contributed by atoms with van der Waals surface area (Å²) < 4.78 is 7.98. The zero-order chi connectivity index (χ0) is 18.4. The molecule has 0 fully saturated rings. The molecule has 0 bridgehead atoms. The van der Waals surface area contributed by atoms with Crippen molar-refractivity contribution in [2.45, 2.75) is 6.92 Å². The number of anilines is 1. The highest BCUT2D eigenvalue weighted by Crippen LogP contribution is 2.15. The second-order valence-electron chi connectivity index (χ2n) is 5.38. The predicted molar refractivity (Wildman–Crippen MR) is 99.5 cm³/mol. The Hall–Kier alpha value is -2.65. The van der Waals surface area contributed by atoms with Gasteiger partial charge in [0.25, 0.3) is 5.56 Å². The Bertz CT molecular complexity index is 904. The zero-order valence-corrected chi connectivity index (χ0v) is 15.2. The average molecular weight is 362 g/mol. The van der Waals surface area contributed by atoms with Gasteiger partial charge in [0.05, 0.1) is 6.54 Å². The van der Waals surface area contributed by atoms with Crippen molar-refractivity contribution >= 4 is 17.3 Å². The first-order chi connectivity index (χ1) is 11.9. The first kappa shape index (κ1) is 18.7. The van der Waals surface area contributed by atoms with E-state index in [0.29, 0.717) is 29.5 Å². The lowest BCUT2D eigenvalue weighted by molar-refractivity contribution is 0.370. The molecule has 1 aromatic heterocycles. The van der Waals surface area contributed by atoms with Crippen LogP contribution in [-0.4, -0.2) is 28.8 Å². The van der Waals surface area contributed by atoms with E-state index in [-0.39, 0.29) is 17.9 Å². The molecule has 0 saturated carbocycles. The van der Waals surface area contributed by atoms with Gasteiger partial charge in [0.15, 0.2) is 0 Å². The van der Waals surface area contributed by atoms with Crippen LogP contribution in [0.25, 0.3) is 0 Å². The number of halogens is 1. The maximum absolute atomic E-state index is 12.3. The van der Waals surface area contributed by atoms with Gasteiger partial charge in [-0.25, -0.2) is 4.79 Å². The Morgan fingerprint density at radius 3 is 2.48 bits per heavy atom. The Morgan fingerprint density at radius 2 is 1.84 bits per heavy atom. The summed E-state index contributed by atoms with van der Waals surface area (Å²) in [7, 11) is 3.08. The fourth-order valence-electron chi connectivity index (χ4n) is 2.23. The molecule has 1 aromatic carbocycles. The summed E-state index contributed by atoms with van der Waals surface area (Å²) in [5, 5.41) is 0.649. The van der Waals surface area contributed by atoms with Crippen molar-refractivity contribution in [1.82, 2.24) is 9.13 Å². The van der Waals surface area contributed by atoms with Gasteiger partial charge in [-0.3, -0.25) is 9.36 Å². The highest BCUT2D eigenvalue weighted by atomic mass is 35.5. The quantitative estimate of drug-likeness (QED) is 0.760. The van der Waals surface area contributed by atoms with Crippen molar-refractivity contribution in [1.29, 1.82) is 0 Å². The van der Waals surface area contributed by atoms with Gasteiger partial charge in [-0.05, 0) is 31.2 Å². The van der Waals surface area contributed by atoms with E-state index in [4.69, 9.17) is 16.3 Å². The Balaban J connectivity index is 2.03. The summed E-state index contributed by atoms with van der Waals surface area (Å²) in [5.74, 6) is 6.60. The molecule has 0 aliphatic rings. The summed E-state index contributed by atoms with van der Waals surface area (Å²) in [6.07, 6.45) is 1.54. The molecule has 0 radical (unpaired) electrons.